The summed E-state index contributed by atoms with van der Waals surface area (Å²) in [4.78, 5) is 0.344. The van der Waals surface area contributed by atoms with E-state index in [4.69, 9.17) is 27.4 Å². The average Bonchev–Trinajstić information content (AvgIpc) is 2.49. The van der Waals surface area contributed by atoms with Crippen LogP contribution in [0.25, 0.3) is 0 Å². The molecule has 5 heteroatoms. The quantitative estimate of drug-likeness (QED) is 0.596. The van der Waals surface area contributed by atoms with Gasteiger partial charge in [-0.1, -0.05) is 40.3 Å². The second-order valence-corrected chi connectivity index (χ2v) is 5.72. The van der Waals surface area contributed by atoms with E-state index < -0.39 is 0 Å². The Hall–Kier alpha value is -1.59. The van der Waals surface area contributed by atoms with Crippen molar-refractivity contribution < 1.29 is 9.47 Å². The molecule has 3 nitrogen and oxygen atoms in total. The average molecular weight is 366 g/mol. The van der Waals surface area contributed by atoms with Gasteiger partial charge in [0.2, 0.25) is 0 Å². The number of benzene rings is 2. The minimum Gasteiger partial charge on any atom is -0.493 e. The molecule has 0 heterocycles. The molecule has 0 aliphatic heterocycles. The normalized spacial score (nSPS) is 10.1. The third kappa shape index (κ3) is 5.02. The van der Waals surface area contributed by atoms with Crippen LogP contribution in [0.1, 0.15) is 12.0 Å². The van der Waals surface area contributed by atoms with Crippen LogP contribution in [0.3, 0.4) is 0 Å². The Balaban J connectivity index is 1.75. The minimum atomic E-state index is 0.344. The van der Waals surface area contributed by atoms with Crippen molar-refractivity contribution in [1.82, 2.24) is 0 Å². The van der Waals surface area contributed by atoms with Crippen LogP contribution in [-0.4, -0.2) is 18.2 Å². The molecule has 110 valence electrons. The summed E-state index contributed by atoms with van der Waals surface area (Å²) < 4.78 is 12.4. The fourth-order valence-corrected chi connectivity index (χ4v) is 2.19. The zero-order chi connectivity index (χ0) is 15.1. The Morgan fingerprint density at radius 1 is 1.00 bits per heavy atom. The summed E-state index contributed by atoms with van der Waals surface area (Å²) in [7, 11) is 0. The molecule has 0 amide bonds. The smallest absolute Gasteiger partial charge is 0.129 e. The Morgan fingerprint density at radius 3 is 2.38 bits per heavy atom. The minimum absolute atomic E-state index is 0.344. The standard InChI is InChI=1S/C16H16BrNO2S/c17-12-6-8-13(9-7-12)19-10-3-11-20-15-5-2-1-4-14(15)16(18)21/h1-2,4-9H,3,10-11H2,(H2,18,21). The van der Waals surface area contributed by atoms with Gasteiger partial charge in [-0.05, 0) is 36.4 Å². The predicted molar refractivity (Wildman–Crippen MR) is 92.1 cm³/mol. The summed E-state index contributed by atoms with van der Waals surface area (Å²) in [6, 6.07) is 15.3. The second kappa shape index (κ2) is 8.00. The van der Waals surface area contributed by atoms with E-state index in [1.165, 1.54) is 0 Å². The van der Waals surface area contributed by atoms with Crippen LogP contribution in [0.5, 0.6) is 11.5 Å². The van der Waals surface area contributed by atoms with Gasteiger partial charge in [0.1, 0.15) is 16.5 Å². The monoisotopic (exact) mass is 365 g/mol. The van der Waals surface area contributed by atoms with Gasteiger partial charge in [0.05, 0.1) is 18.8 Å². The lowest BCUT2D eigenvalue weighted by Crippen LogP contribution is -2.12. The maximum absolute atomic E-state index is 5.70. The fraction of sp³-hybridized carbons (Fsp3) is 0.188. The van der Waals surface area contributed by atoms with Crippen molar-refractivity contribution in [2.24, 2.45) is 5.73 Å². The molecule has 0 aromatic heterocycles. The van der Waals surface area contributed by atoms with Gasteiger partial charge >= 0.3 is 0 Å². The lowest BCUT2D eigenvalue weighted by atomic mass is 10.2. The lowest BCUT2D eigenvalue weighted by molar-refractivity contribution is 0.247. The molecule has 2 aromatic rings. The summed E-state index contributed by atoms with van der Waals surface area (Å²) >= 11 is 8.38. The molecule has 21 heavy (non-hydrogen) atoms. The van der Waals surface area contributed by atoms with E-state index in [1.807, 2.05) is 48.5 Å². The highest BCUT2D eigenvalue weighted by Gasteiger charge is 2.04. The maximum atomic E-state index is 5.70. The highest BCUT2D eigenvalue weighted by molar-refractivity contribution is 9.10. The van der Waals surface area contributed by atoms with E-state index >= 15 is 0 Å². The van der Waals surface area contributed by atoms with E-state index in [1.54, 1.807) is 0 Å². The van der Waals surface area contributed by atoms with Crippen LogP contribution >= 0.6 is 28.1 Å². The van der Waals surface area contributed by atoms with Crippen molar-refractivity contribution in [2.45, 2.75) is 6.42 Å². The Morgan fingerprint density at radius 2 is 1.67 bits per heavy atom. The van der Waals surface area contributed by atoms with Crippen molar-refractivity contribution in [3.8, 4) is 11.5 Å². The largest absolute Gasteiger partial charge is 0.493 e. The van der Waals surface area contributed by atoms with Crippen molar-refractivity contribution in [1.29, 1.82) is 0 Å². The Kier molecular flexibility index (Phi) is 6.02. The van der Waals surface area contributed by atoms with E-state index in [9.17, 15) is 0 Å². The molecule has 0 aliphatic rings. The van der Waals surface area contributed by atoms with Crippen LogP contribution < -0.4 is 15.2 Å². The van der Waals surface area contributed by atoms with Gasteiger partial charge in [0.25, 0.3) is 0 Å². The van der Waals surface area contributed by atoms with Crippen molar-refractivity contribution in [3.05, 3.63) is 58.6 Å². The zero-order valence-electron chi connectivity index (χ0n) is 11.4. The number of nitrogens with two attached hydrogens (primary N) is 1. The first kappa shape index (κ1) is 15.8. The molecule has 2 aromatic carbocycles. The van der Waals surface area contributed by atoms with E-state index in [0.29, 0.717) is 24.0 Å². The summed E-state index contributed by atoms with van der Waals surface area (Å²) in [5.74, 6) is 1.57. The molecule has 0 fully saturated rings. The van der Waals surface area contributed by atoms with Crippen LogP contribution in [0.2, 0.25) is 0 Å². The summed E-state index contributed by atoms with van der Waals surface area (Å²) in [6.45, 7) is 1.15. The van der Waals surface area contributed by atoms with E-state index in [0.717, 1.165) is 22.2 Å². The van der Waals surface area contributed by atoms with Gasteiger partial charge in [0.15, 0.2) is 0 Å². The number of para-hydroxylation sites is 1. The van der Waals surface area contributed by atoms with E-state index in [-0.39, 0.29) is 0 Å². The van der Waals surface area contributed by atoms with Gasteiger partial charge in [-0.2, -0.15) is 0 Å². The molecule has 0 atom stereocenters. The highest BCUT2D eigenvalue weighted by atomic mass is 79.9. The first-order valence-electron chi connectivity index (χ1n) is 6.57. The molecular formula is C16H16BrNO2S. The summed E-state index contributed by atoms with van der Waals surface area (Å²) in [6.07, 6.45) is 0.779. The number of hydrogen-bond donors (Lipinski definition) is 1. The van der Waals surface area contributed by atoms with Gasteiger partial charge in [-0.25, -0.2) is 0 Å². The number of ether oxygens (including phenoxy) is 2. The molecular weight excluding hydrogens is 350 g/mol. The molecule has 0 spiro atoms. The van der Waals surface area contributed by atoms with Gasteiger partial charge in [-0.15, -0.1) is 0 Å². The van der Waals surface area contributed by atoms with Crippen molar-refractivity contribution in [2.75, 3.05) is 13.2 Å². The van der Waals surface area contributed by atoms with Gasteiger partial charge in [-0.3, -0.25) is 0 Å². The van der Waals surface area contributed by atoms with Crippen LogP contribution in [0.4, 0.5) is 0 Å². The molecule has 2 N–H and O–H groups in total. The number of thiocarbonyl (C=S) groups is 1. The summed E-state index contributed by atoms with van der Waals surface area (Å²) in [5, 5.41) is 0. The number of halogens is 1. The SMILES string of the molecule is NC(=S)c1ccccc1OCCCOc1ccc(Br)cc1. The molecule has 0 bridgehead atoms. The first-order chi connectivity index (χ1) is 10.2. The molecule has 0 unspecified atom stereocenters. The first-order valence-corrected chi connectivity index (χ1v) is 7.77. The van der Waals surface area contributed by atoms with Gasteiger partial charge in [0, 0.05) is 10.9 Å². The van der Waals surface area contributed by atoms with Crippen LogP contribution in [0, 0.1) is 0 Å². The topological polar surface area (TPSA) is 44.5 Å². The Labute approximate surface area is 138 Å². The Bertz CT molecular complexity index is 601. The summed E-state index contributed by atoms with van der Waals surface area (Å²) in [5.41, 5.74) is 6.42. The fourth-order valence-electron chi connectivity index (χ4n) is 1.76. The van der Waals surface area contributed by atoms with Crippen LogP contribution in [0.15, 0.2) is 53.0 Å². The van der Waals surface area contributed by atoms with Gasteiger partial charge < -0.3 is 15.2 Å². The molecule has 0 saturated heterocycles. The lowest BCUT2D eigenvalue weighted by Gasteiger charge is -2.11. The van der Waals surface area contributed by atoms with Crippen molar-refractivity contribution >= 4 is 33.1 Å². The zero-order valence-corrected chi connectivity index (χ0v) is 13.8. The number of rotatable bonds is 7. The molecule has 0 aliphatic carbocycles. The molecule has 0 radical (unpaired) electrons. The number of hydrogen-bond acceptors (Lipinski definition) is 3. The predicted octanol–water partition coefficient (Wildman–Crippen LogP) is 3.93. The maximum Gasteiger partial charge on any atom is 0.129 e. The second-order valence-electron chi connectivity index (χ2n) is 4.36. The van der Waals surface area contributed by atoms with Crippen molar-refractivity contribution in [3.63, 3.8) is 0 Å². The van der Waals surface area contributed by atoms with Crippen LogP contribution in [-0.2, 0) is 0 Å². The molecule has 0 saturated carbocycles. The highest BCUT2D eigenvalue weighted by Crippen LogP contribution is 2.18. The third-order valence-corrected chi connectivity index (χ3v) is 3.53. The molecule has 2 rings (SSSR count). The third-order valence-electron chi connectivity index (χ3n) is 2.78. The van der Waals surface area contributed by atoms with E-state index in [2.05, 4.69) is 15.9 Å².